The lowest BCUT2D eigenvalue weighted by molar-refractivity contribution is -0.146. The molecule has 1 fully saturated rings. The normalized spacial score (nSPS) is 17.3. The number of aliphatic hydroxyl groups is 1. The van der Waals surface area contributed by atoms with Gasteiger partial charge in [-0.25, -0.2) is 32.1 Å². The molecule has 7 atom stereocenters. The van der Waals surface area contributed by atoms with Crippen molar-refractivity contribution in [2.45, 2.75) is 111 Å². The van der Waals surface area contributed by atoms with E-state index in [0.29, 0.717) is 16.8 Å². The number of nitrogens with two attached hydrogens (primary N) is 1. The third kappa shape index (κ3) is 15.6. The van der Waals surface area contributed by atoms with Crippen LogP contribution in [-0.2, 0) is 46.7 Å². The highest BCUT2D eigenvalue weighted by Crippen LogP contribution is 2.41. The van der Waals surface area contributed by atoms with Gasteiger partial charge in [0.2, 0.25) is 11.8 Å². The Kier molecular flexibility index (Phi) is 19.9. The molecule has 424 valence electrons. The number of aromatic nitrogens is 2. The van der Waals surface area contributed by atoms with Crippen LogP contribution in [0.2, 0.25) is 0 Å². The Balaban J connectivity index is 1.12. The van der Waals surface area contributed by atoms with Crippen LogP contribution in [0.5, 0.6) is 0 Å². The third-order valence-electron chi connectivity index (χ3n) is 13.7. The van der Waals surface area contributed by atoms with Crippen LogP contribution in [0.4, 0.5) is 32.8 Å². The zero-order valence-electron chi connectivity index (χ0n) is 45.0. The number of halogens is 4. The lowest BCUT2D eigenvalue weighted by Crippen LogP contribution is -2.53. The predicted molar refractivity (Wildman–Crippen MR) is 281 cm³/mol. The summed E-state index contributed by atoms with van der Waals surface area (Å²) in [4.78, 5) is 112. The molecule has 2 aliphatic rings. The Bertz CT molecular complexity index is 2930. The number of amides is 8. The highest BCUT2D eigenvalue weighted by molar-refractivity contribution is 6.15. The summed E-state index contributed by atoms with van der Waals surface area (Å²) in [6.45, 7) is 10.2. The Hall–Kier alpha value is -7.95. The number of nitrogens with zero attached hydrogens (tertiary/aromatic N) is 5. The standard InChI is InChI=1S/C56H67F4N9O10/c1-31(2)48(65-51(74)32(3)69-46(72)19-20-47(69)73)45(71)23-36(11-9-21-62-54(61)77)52(75)63-40-16-13-34(14-17-40)30-79-55(78)67-26-37(43(60)28-67)27-68(53(76)33(4)70)49(56(5,6)7)50-64-44(41-24-39(58)15-18-42(41)59)29-66(50)25-35-10-8-12-38(57)22-35/h8,10,12-20,22,24,29,31-33,36-37,43,48-49,70H,9,11,21,23,25-28,30H2,1-7H3,(H,63,75)(H,65,74)(H3,61,62,77)/t32-,33-,36+,37-,43-,48-,49-/m0/s1. The smallest absolute Gasteiger partial charge is 0.410 e. The maximum atomic E-state index is 16.2. The van der Waals surface area contributed by atoms with E-state index in [9.17, 15) is 52.2 Å². The number of nitrogens with one attached hydrogen (secondary N) is 3. The van der Waals surface area contributed by atoms with Gasteiger partial charge in [0.15, 0.2) is 5.78 Å². The summed E-state index contributed by atoms with van der Waals surface area (Å²) in [6.07, 6.45) is -0.533. The molecule has 2 aliphatic heterocycles. The van der Waals surface area contributed by atoms with Gasteiger partial charge in [-0.1, -0.05) is 58.9 Å². The Morgan fingerprint density at radius 1 is 0.886 bits per heavy atom. The van der Waals surface area contributed by atoms with Crippen LogP contribution in [0.3, 0.4) is 0 Å². The average molecular weight is 1100 g/mol. The molecule has 6 N–H and O–H groups in total. The third-order valence-corrected chi connectivity index (χ3v) is 13.7. The Morgan fingerprint density at radius 3 is 2.18 bits per heavy atom. The van der Waals surface area contributed by atoms with E-state index >= 15 is 8.78 Å². The molecule has 23 heteroatoms. The number of rotatable bonds is 23. The number of ether oxygens (including phenoxy) is 1. The molecule has 1 saturated heterocycles. The molecule has 19 nitrogen and oxygen atoms in total. The number of anilines is 1. The number of Topliss-reactive ketones (excluding diaryl/α,β-unsaturated/α-hetero) is 1. The number of carbonyl (C=O) groups excluding carboxylic acids is 8. The SMILES string of the molecule is CC(C)[C@H](NC(=O)[C@H](C)N1C(=O)C=CC1=O)C(=O)C[C@@H](CCCNC(N)=O)C(=O)Nc1ccc(COC(=O)N2C[C@@H](CN(C(=O)[C@H](C)O)[C@@H](c3nc(-c4cc(F)ccc4F)cn3Cc3cccc(F)c3)C(C)(C)C)[C@@H](F)C2)cc1. The fourth-order valence-electron chi connectivity index (χ4n) is 9.62. The quantitative estimate of drug-likeness (QED) is 0.0311. The van der Waals surface area contributed by atoms with Crippen LogP contribution in [-0.4, -0.2) is 127 Å². The lowest BCUT2D eigenvalue weighted by Gasteiger charge is -2.41. The molecule has 0 saturated carbocycles. The van der Waals surface area contributed by atoms with Crippen molar-refractivity contribution in [1.29, 1.82) is 0 Å². The molecule has 8 amide bonds. The first-order chi connectivity index (χ1) is 37.2. The molecule has 6 rings (SSSR count). The Labute approximate surface area is 454 Å². The number of hydrogen-bond acceptors (Lipinski definition) is 11. The van der Waals surface area contributed by atoms with Gasteiger partial charge in [-0.3, -0.25) is 33.7 Å². The van der Waals surface area contributed by atoms with Crippen LogP contribution in [0, 0.1) is 40.6 Å². The summed E-state index contributed by atoms with van der Waals surface area (Å²) in [5.74, 6) is -8.21. The fraction of sp³-hybridized carbons (Fsp3) is 0.446. The summed E-state index contributed by atoms with van der Waals surface area (Å²) in [7, 11) is 0. The zero-order valence-corrected chi connectivity index (χ0v) is 45.0. The van der Waals surface area contributed by atoms with E-state index in [2.05, 4.69) is 16.0 Å². The number of aliphatic hydroxyl groups excluding tert-OH is 1. The molecule has 0 spiro atoms. The molecule has 0 unspecified atom stereocenters. The minimum absolute atomic E-state index is 0.00462. The van der Waals surface area contributed by atoms with Crippen LogP contribution in [0.15, 0.2) is 85.1 Å². The van der Waals surface area contributed by atoms with Crippen LogP contribution in [0.25, 0.3) is 11.3 Å². The van der Waals surface area contributed by atoms with E-state index in [1.54, 1.807) is 57.4 Å². The number of benzene rings is 3. The molecule has 0 bridgehead atoms. The summed E-state index contributed by atoms with van der Waals surface area (Å²) in [5.41, 5.74) is 5.38. The highest BCUT2D eigenvalue weighted by atomic mass is 19.1. The van der Waals surface area contributed by atoms with Crippen molar-refractivity contribution in [2.75, 3.05) is 31.5 Å². The first kappa shape index (κ1) is 60.3. The number of imidazole rings is 1. The number of alkyl halides is 1. The number of primary amides is 1. The maximum absolute atomic E-state index is 16.2. The number of ketones is 1. The second-order valence-corrected chi connectivity index (χ2v) is 21.3. The van der Waals surface area contributed by atoms with Gasteiger partial charge in [-0.05, 0) is 91.6 Å². The summed E-state index contributed by atoms with van der Waals surface area (Å²) in [6, 6.07) is 10.7. The fourth-order valence-corrected chi connectivity index (χ4v) is 9.62. The van der Waals surface area contributed by atoms with Gasteiger partial charge in [-0.2, -0.15) is 0 Å². The number of imide groups is 1. The van der Waals surface area contributed by atoms with Crippen molar-refractivity contribution in [3.05, 3.63) is 119 Å². The van der Waals surface area contributed by atoms with E-state index in [4.69, 9.17) is 15.5 Å². The van der Waals surface area contributed by atoms with Crippen LogP contribution < -0.4 is 21.7 Å². The molecule has 3 heterocycles. The van der Waals surface area contributed by atoms with Crippen molar-refractivity contribution >= 4 is 53.1 Å². The first-order valence-electron chi connectivity index (χ1n) is 25.8. The van der Waals surface area contributed by atoms with E-state index < -0.39 is 125 Å². The zero-order chi connectivity index (χ0) is 58.0. The second-order valence-electron chi connectivity index (χ2n) is 21.3. The molecule has 3 aromatic carbocycles. The summed E-state index contributed by atoms with van der Waals surface area (Å²) in [5, 5.41) is 18.6. The summed E-state index contributed by atoms with van der Waals surface area (Å²) < 4.78 is 67.6. The van der Waals surface area contributed by atoms with Gasteiger partial charge in [0.25, 0.3) is 17.7 Å². The van der Waals surface area contributed by atoms with Crippen molar-refractivity contribution < 1.29 is 65.8 Å². The van der Waals surface area contributed by atoms with Gasteiger partial charge in [0, 0.05) is 74.0 Å². The van der Waals surface area contributed by atoms with Crippen molar-refractivity contribution in [3.8, 4) is 11.3 Å². The molecule has 4 aromatic rings. The molecule has 1 aromatic heterocycles. The number of hydrogen-bond donors (Lipinski definition) is 5. The minimum atomic E-state index is -1.67. The van der Waals surface area contributed by atoms with Crippen molar-refractivity contribution in [1.82, 2.24) is 34.9 Å². The molecule has 0 aliphatic carbocycles. The minimum Gasteiger partial charge on any atom is -0.445 e. The number of urea groups is 1. The lowest BCUT2D eigenvalue weighted by atomic mass is 9.84. The van der Waals surface area contributed by atoms with E-state index in [-0.39, 0.29) is 69.1 Å². The van der Waals surface area contributed by atoms with Crippen LogP contribution in [0.1, 0.15) is 90.7 Å². The first-order valence-corrected chi connectivity index (χ1v) is 25.8. The summed E-state index contributed by atoms with van der Waals surface area (Å²) >= 11 is 0. The number of carbonyl (C=O) groups is 8. The van der Waals surface area contributed by atoms with Gasteiger partial charge in [0.1, 0.15) is 48.2 Å². The van der Waals surface area contributed by atoms with E-state index in [1.807, 2.05) is 0 Å². The molecule has 0 radical (unpaired) electrons. The van der Waals surface area contributed by atoms with Gasteiger partial charge < -0.3 is 45.9 Å². The molecular formula is C56H67F4N9O10. The van der Waals surface area contributed by atoms with E-state index in [0.717, 1.165) is 40.2 Å². The van der Waals surface area contributed by atoms with Gasteiger partial charge in [-0.15, -0.1) is 0 Å². The van der Waals surface area contributed by atoms with Crippen molar-refractivity contribution in [2.24, 2.45) is 28.9 Å². The van der Waals surface area contributed by atoms with Gasteiger partial charge in [0.05, 0.1) is 24.3 Å². The topological polar surface area (TPSA) is 256 Å². The second kappa shape index (κ2) is 26.1. The highest BCUT2D eigenvalue weighted by Gasteiger charge is 2.45. The largest absolute Gasteiger partial charge is 0.445 e. The maximum Gasteiger partial charge on any atom is 0.410 e. The number of likely N-dealkylation sites (tertiary alicyclic amines) is 1. The van der Waals surface area contributed by atoms with Crippen molar-refractivity contribution in [3.63, 3.8) is 0 Å². The molecular weight excluding hydrogens is 1030 g/mol. The van der Waals surface area contributed by atoms with Gasteiger partial charge >= 0.3 is 12.1 Å². The predicted octanol–water partition coefficient (Wildman–Crippen LogP) is 6.34. The average Bonchev–Trinajstić information content (AvgIpc) is 4.16. The monoisotopic (exact) mass is 1100 g/mol. The molecule has 79 heavy (non-hydrogen) atoms. The van der Waals surface area contributed by atoms with E-state index in [1.165, 1.54) is 55.3 Å². The Morgan fingerprint density at radius 2 is 1.56 bits per heavy atom. The van der Waals surface area contributed by atoms with Crippen LogP contribution >= 0.6 is 0 Å².